The van der Waals surface area contributed by atoms with Crippen LogP contribution >= 0.6 is 0 Å². The first-order valence-electron chi connectivity index (χ1n) is 8.84. The lowest BCUT2D eigenvalue weighted by Gasteiger charge is -2.28. The van der Waals surface area contributed by atoms with Gasteiger partial charge in [-0.15, -0.1) is 0 Å². The summed E-state index contributed by atoms with van der Waals surface area (Å²) in [6.07, 6.45) is 5.45. The summed E-state index contributed by atoms with van der Waals surface area (Å²) in [7, 11) is -4.02. The molecular weight excluding hydrogens is 340 g/mol. The quantitative estimate of drug-likeness (QED) is 0.887. The van der Waals surface area contributed by atoms with E-state index in [4.69, 9.17) is 0 Å². The second-order valence-corrected chi connectivity index (χ2v) is 8.72. The highest BCUT2D eigenvalue weighted by Crippen LogP contribution is 2.28. The molecule has 25 heavy (non-hydrogen) atoms. The molecule has 3 rings (SSSR count). The standard InChI is InChI=1S/C18H24N2O4S/c1-13-7-9-15(10-8-13)25(23,24)20-16(11-12-17(20)21)18(22)19-14-5-3-2-4-6-14/h7-10,14,16H,2-6,11-12H2,1H3,(H,19,22). The first-order chi connectivity index (χ1) is 11.9. The molecule has 1 saturated heterocycles. The third-order valence-electron chi connectivity index (χ3n) is 4.99. The van der Waals surface area contributed by atoms with E-state index in [0.717, 1.165) is 35.6 Å². The first-order valence-corrected chi connectivity index (χ1v) is 10.3. The molecular formula is C18H24N2O4S. The molecule has 1 aromatic carbocycles. The molecule has 7 heteroatoms. The molecule has 1 aliphatic carbocycles. The number of hydrogen-bond donors (Lipinski definition) is 1. The van der Waals surface area contributed by atoms with Crippen LogP contribution in [0.4, 0.5) is 0 Å². The van der Waals surface area contributed by atoms with E-state index >= 15 is 0 Å². The molecule has 6 nitrogen and oxygen atoms in total. The maximum absolute atomic E-state index is 12.9. The lowest BCUT2D eigenvalue weighted by molar-refractivity contribution is -0.131. The van der Waals surface area contributed by atoms with Crippen LogP contribution in [-0.4, -0.2) is 36.6 Å². The highest BCUT2D eigenvalue weighted by atomic mass is 32.2. The highest BCUT2D eigenvalue weighted by Gasteiger charge is 2.44. The van der Waals surface area contributed by atoms with Gasteiger partial charge in [-0.25, -0.2) is 12.7 Å². The summed E-state index contributed by atoms with van der Waals surface area (Å²) in [5, 5.41) is 2.95. The molecule has 1 unspecified atom stereocenters. The molecule has 0 aromatic heterocycles. The van der Waals surface area contributed by atoms with Gasteiger partial charge in [0.1, 0.15) is 6.04 Å². The molecule has 1 heterocycles. The molecule has 1 aliphatic heterocycles. The average molecular weight is 364 g/mol. The number of benzene rings is 1. The molecule has 0 spiro atoms. The van der Waals surface area contributed by atoms with Crippen molar-refractivity contribution in [3.63, 3.8) is 0 Å². The Labute approximate surface area is 148 Å². The zero-order valence-electron chi connectivity index (χ0n) is 14.4. The van der Waals surface area contributed by atoms with E-state index in [1.165, 1.54) is 18.6 Å². The van der Waals surface area contributed by atoms with Crippen molar-refractivity contribution in [3.05, 3.63) is 29.8 Å². The predicted molar refractivity (Wildman–Crippen MR) is 93.2 cm³/mol. The van der Waals surface area contributed by atoms with Gasteiger partial charge < -0.3 is 5.32 Å². The van der Waals surface area contributed by atoms with E-state index in [2.05, 4.69) is 5.32 Å². The SMILES string of the molecule is Cc1ccc(S(=O)(=O)N2C(=O)CCC2C(=O)NC2CCCCC2)cc1. The lowest BCUT2D eigenvalue weighted by atomic mass is 9.95. The fraction of sp³-hybridized carbons (Fsp3) is 0.556. The maximum Gasteiger partial charge on any atom is 0.267 e. The minimum Gasteiger partial charge on any atom is -0.352 e. The fourth-order valence-electron chi connectivity index (χ4n) is 3.57. The van der Waals surface area contributed by atoms with E-state index in [1.54, 1.807) is 12.1 Å². The van der Waals surface area contributed by atoms with Crippen molar-refractivity contribution >= 4 is 21.8 Å². The second kappa shape index (κ2) is 7.15. The minimum atomic E-state index is -4.02. The van der Waals surface area contributed by atoms with Crippen molar-refractivity contribution in [1.29, 1.82) is 0 Å². The number of hydrogen-bond acceptors (Lipinski definition) is 4. The van der Waals surface area contributed by atoms with Gasteiger partial charge in [-0.2, -0.15) is 0 Å². The topological polar surface area (TPSA) is 83.6 Å². The van der Waals surface area contributed by atoms with Gasteiger partial charge in [-0.05, 0) is 38.3 Å². The summed E-state index contributed by atoms with van der Waals surface area (Å²) in [4.78, 5) is 24.9. The maximum atomic E-state index is 12.9. The van der Waals surface area contributed by atoms with Crippen molar-refractivity contribution in [2.75, 3.05) is 0 Å². The normalized spacial score (nSPS) is 22.2. The summed E-state index contributed by atoms with van der Waals surface area (Å²) in [6, 6.07) is 5.47. The zero-order valence-corrected chi connectivity index (χ0v) is 15.2. The van der Waals surface area contributed by atoms with Crippen LogP contribution in [0.2, 0.25) is 0 Å². The molecule has 1 saturated carbocycles. The number of aryl methyl sites for hydroxylation is 1. The van der Waals surface area contributed by atoms with Crippen LogP contribution in [0, 0.1) is 6.92 Å². The van der Waals surface area contributed by atoms with Gasteiger partial charge >= 0.3 is 0 Å². The summed E-state index contributed by atoms with van der Waals surface area (Å²) < 4.78 is 26.6. The first kappa shape index (κ1) is 17.9. The average Bonchev–Trinajstić information content (AvgIpc) is 2.99. The van der Waals surface area contributed by atoms with E-state index in [0.29, 0.717) is 0 Å². The molecule has 1 N–H and O–H groups in total. The van der Waals surface area contributed by atoms with Crippen LogP contribution in [0.1, 0.15) is 50.5 Å². The number of amides is 2. The van der Waals surface area contributed by atoms with Gasteiger partial charge in [0.05, 0.1) is 4.90 Å². The summed E-state index contributed by atoms with van der Waals surface area (Å²) in [6.45, 7) is 1.86. The molecule has 2 amide bonds. The molecule has 1 atom stereocenters. The van der Waals surface area contributed by atoms with Gasteiger partial charge in [0.2, 0.25) is 11.8 Å². The van der Waals surface area contributed by atoms with Crippen molar-refractivity contribution in [2.24, 2.45) is 0 Å². The van der Waals surface area contributed by atoms with Crippen LogP contribution in [0.5, 0.6) is 0 Å². The number of rotatable bonds is 4. The van der Waals surface area contributed by atoms with Gasteiger partial charge in [0, 0.05) is 12.5 Å². The number of nitrogens with one attached hydrogen (secondary N) is 1. The second-order valence-electron chi connectivity index (χ2n) is 6.91. The molecule has 136 valence electrons. The zero-order chi connectivity index (χ0) is 18.0. The van der Waals surface area contributed by atoms with Crippen LogP contribution < -0.4 is 5.32 Å². The Bertz CT molecular complexity index is 752. The molecule has 2 aliphatic rings. The number of carbonyl (C=O) groups excluding carboxylic acids is 2. The number of carbonyl (C=O) groups is 2. The predicted octanol–water partition coefficient (Wildman–Crippen LogP) is 2.12. The van der Waals surface area contributed by atoms with E-state index in [1.807, 2.05) is 6.92 Å². The Kier molecular flexibility index (Phi) is 5.13. The molecule has 0 bridgehead atoms. The molecule has 0 radical (unpaired) electrons. The third-order valence-corrected chi connectivity index (χ3v) is 6.84. The van der Waals surface area contributed by atoms with E-state index < -0.39 is 22.0 Å². The summed E-state index contributed by atoms with van der Waals surface area (Å²) in [5.41, 5.74) is 0.929. The Balaban J connectivity index is 1.81. The van der Waals surface area contributed by atoms with Gasteiger partial charge in [-0.3, -0.25) is 9.59 Å². The van der Waals surface area contributed by atoms with Gasteiger partial charge in [0.25, 0.3) is 10.0 Å². The van der Waals surface area contributed by atoms with Crippen molar-refractivity contribution in [2.45, 2.75) is 68.8 Å². The largest absolute Gasteiger partial charge is 0.352 e. The lowest BCUT2D eigenvalue weighted by Crippen LogP contribution is -2.50. The summed E-state index contributed by atoms with van der Waals surface area (Å²) >= 11 is 0. The smallest absolute Gasteiger partial charge is 0.267 e. The number of nitrogens with zero attached hydrogens (tertiary/aromatic N) is 1. The van der Waals surface area contributed by atoms with E-state index in [9.17, 15) is 18.0 Å². The van der Waals surface area contributed by atoms with Crippen LogP contribution in [-0.2, 0) is 19.6 Å². The number of sulfonamides is 1. The van der Waals surface area contributed by atoms with Crippen LogP contribution in [0.15, 0.2) is 29.2 Å². The van der Waals surface area contributed by atoms with Crippen LogP contribution in [0.3, 0.4) is 0 Å². The van der Waals surface area contributed by atoms with Crippen molar-refractivity contribution < 1.29 is 18.0 Å². The van der Waals surface area contributed by atoms with Gasteiger partial charge in [0.15, 0.2) is 0 Å². The Morgan fingerprint density at radius 3 is 2.36 bits per heavy atom. The van der Waals surface area contributed by atoms with Crippen LogP contribution in [0.25, 0.3) is 0 Å². The monoisotopic (exact) mass is 364 g/mol. The Hall–Kier alpha value is -1.89. The summed E-state index contributed by atoms with van der Waals surface area (Å²) in [5.74, 6) is -0.863. The third kappa shape index (κ3) is 3.71. The minimum absolute atomic E-state index is 0.0452. The molecule has 1 aromatic rings. The highest BCUT2D eigenvalue weighted by molar-refractivity contribution is 7.89. The van der Waals surface area contributed by atoms with Crippen molar-refractivity contribution in [3.8, 4) is 0 Å². The fourth-order valence-corrected chi connectivity index (χ4v) is 5.17. The van der Waals surface area contributed by atoms with Crippen molar-refractivity contribution in [1.82, 2.24) is 9.62 Å². The van der Waals surface area contributed by atoms with E-state index in [-0.39, 0.29) is 29.7 Å². The van der Waals surface area contributed by atoms with Gasteiger partial charge in [-0.1, -0.05) is 37.0 Å². The molecule has 2 fully saturated rings. The Morgan fingerprint density at radius 1 is 1.08 bits per heavy atom. The Morgan fingerprint density at radius 2 is 1.72 bits per heavy atom.